The molecule has 1 N–H and O–H groups in total. The summed E-state index contributed by atoms with van der Waals surface area (Å²) in [6.07, 6.45) is 4.02. The van der Waals surface area contributed by atoms with Crippen molar-refractivity contribution < 1.29 is 21.9 Å². The van der Waals surface area contributed by atoms with E-state index in [9.17, 15) is 21.9 Å². The van der Waals surface area contributed by atoms with Gasteiger partial charge in [0.05, 0.1) is 21.2 Å². The highest BCUT2D eigenvalue weighted by atomic mass is 32.2. The van der Waals surface area contributed by atoms with E-state index >= 15 is 0 Å². The Balaban J connectivity index is 1.87. The van der Waals surface area contributed by atoms with Crippen LogP contribution in [0.5, 0.6) is 0 Å². The van der Waals surface area contributed by atoms with Crippen molar-refractivity contribution in [3.63, 3.8) is 0 Å². The first-order chi connectivity index (χ1) is 13.0. The Labute approximate surface area is 163 Å². The number of hydrogen-bond acceptors (Lipinski definition) is 7. The smallest absolute Gasteiger partial charge is 0.206 e. The number of hydrogen-bond donors (Lipinski definition) is 1. The van der Waals surface area contributed by atoms with Crippen LogP contribution in [-0.4, -0.2) is 43.0 Å². The summed E-state index contributed by atoms with van der Waals surface area (Å²) in [5, 5.41) is 18.1. The Morgan fingerprint density at radius 3 is 1.75 bits per heavy atom. The van der Waals surface area contributed by atoms with E-state index in [2.05, 4.69) is 10.2 Å². The average molecular weight is 422 g/mol. The molecule has 1 heterocycles. The second-order valence-electron chi connectivity index (χ2n) is 6.68. The van der Waals surface area contributed by atoms with Gasteiger partial charge in [-0.15, -0.1) is 10.2 Å². The second kappa shape index (κ2) is 7.12. The lowest BCUT2D eigenvalue weighted by molar-refractivity contribution is 0.0381. The van der Waals surface area contributed by atoms with Crippen molar-refractivity contribution >= 4 is 19.7 Å². The van der Waals surface area contributed by atoms with Crippen LogP contribution in [0.25, 0.3) is 0 Å². The van der Waals surface area contributed by atoms with Crippen molar-refractivity contribution in [2.75, 3.05) is 6.26 Å². The molecule has 1 unspecified atom stereocenters. The van der Waals surface area contributed by atoms with Crippen molar-refractivity contribution in [3.05, 3.63) is 66.7 Å². The first kappa shape index (κ1) is 20.2. The lowest BCUT2D eigenvalue weighted by atomic mass is 9.96. The standard InChI is InChI=1S/C18H19N3O5S2/c1-18(22,11-21-12-19-20-13-21)14-3-5-16(6-4-14)28(25,26)17-9-7-15(8-10-17)27(2,23)24/h3-10,12-13,22H,11H2,1-2H3. The molecule has 10 heteroatoms. The first-order valence-electron chi connectivity index (χ1n) is 8.21. The van der Waals surface area contributed by atoms with E-state index < -0.39 is 25.3 Å². The molecule has 0 aliphatic carbocycles. The third-order valence-electron chi connectivity index (χ3n) is 4.31. The molecule has 0 saturated carbocycles. The Kier molecular flexibility index (Phi) is 5.13. The molecule has 0 aliphatic rings. The van der Waals surface area contributed by atoms with Crippen LogP contribution in [0, 0.1) is 0 Å². The topological polar surface area (TPSA) is 119 Å². The van der Waals surface area contributed by atoms with E-state index in [4.69, 9.17) is 0 Å². The van der Waals surface area contributed by atoms with Crippen LogP contribution < -0.4 is 0 Å². The van der Waals surface area contributed by atoms with Crippen LogP contribution in [0.2, 0.25) is 0 Å². The van der Waals surface area contributed by atoms with Gasteiger partial charge in [-0.2, -0.15) is 0 Å². The van der Waals surface area contributed by atoms with Gasteiger partial charge in [0, 0.05) is 6.26 Å². The van der Waals surface area contributed by atoms with E-state index in [1.54, 1.807) is 23.6 Å². The van der Waals surface area contributed by atoms with Crippen LogP contribution in [0.15, 0.2) is 75.9 Å². The molecule has 1 aromatic heterocycles. The Morgan fingerprint density at radius 1 is 0.857 bits per heavy atom. The lowest BCUT2D eigenvalue weighted by Gasteiger charge is -2.24. The fraction of sp³-hybridized carbons (Fsp3) is 0.222. The Morgan fingerprint density at radius 2 is 1.29 bits per heavy atom. The molecule has 0 radical (unpaired) electrons. The predicted molar refractivity (Wildman–Crippen MR) is 101 cm³/mol. The fourth-order valence-corrected chi connectivity index (χ4v) is 4.64. The molecule has 0 spiro atoms. The van der Waals surface area contributed by atoms with Crippen molar-refractivity contribution in [1.29, 1.82) is 0 Å². The van der Waals surface area contributed by atoms with Crippen molar-refractivity contribution in [3.8, 4) is 0 Å². The van der Waals surface area contributed by atoms with E-state index in [0.717, 1.165) is 6.26 Å². The van der Waals surface area contributed by atoms with Gasteiger partial charge in [-0.1, -0.05) is 12.1 Å². The molecule has 0 bridgehead atoms. The third kappa shape index (κ3) is 4.13. The molecule has 0 amide bonds. The molecular weight excluding hydrogens is 402 g/mol. The highest BCUT2D eigenvalue weighted by molar-refractivity contribution is 7.91. The van der Waals surface area contributed by atoms with Gasteiger partial charge < -0.3 is 9.67 Å². The summed E-state index contributed by atoms with van der Waals surface area (Å²) in [5.74, 6) is 0. The van der Waals surface area contributed by atoms with E-state index in [-0.39, 0.29) is 21.2 Å². The van der Waals surface area contributed by atoms with Gasteiger partial charge in [-0.3, -0.25) is 0 Å². The molecule has 0 fully saturated rings. The number of rotatable bonds is 6. The number of sulfone groups is 2. The quantitative estimate of drug-likeness (QED) is 0.639. The zero-order valence-corrected chi connectivity index (χ0v) is 16.9. The SMILES string of the molecule is CC(O)(Cn1cnnc1)c1ccc(S(=O)(=O)c2ccc(S(C)(=O)=O)cc2)cc1. The van der Waals surface area contributed by atoms with Gasteiger partial charge in [0.1, 0.15) is 18.3 Å². The zero-order valence-electron chi connectivity index (χ0n) is 15.2. The molecule has 1 atom stereocenters. The van der Waals surface area contributed by atoms with Gasteiger partial charge in [0.2, 0.25) is 9.84 Å². The monoisotopic (exact) mass is 421 g/mol. The van der Waals surface area contributed by atoms with Gasteiger partial charge in [-0.25, -0.2) is 16.8 Å². The molecule has 3 rings (SSSR count). The summed E-state index contributed by atoms with van der Waals surface area (Å²) < 4.78 is 50.2. The van der Waals surface area contributed by atoms with Gasteiger partial charge in [0.15, 0.2) is 9.84 Å². The minimum absolute atomic E-state index is 0.0103. The summed E-state index contributed by atoms with van der Waals surface area (Å²) in [6, 6.07) is 11.0. The lowest BCUT2D eigenvalue weighted by Crippen LogP contribution is -2.27. The highest BCUT2D eigenvalue weighted by Crippen LogP contribution is 2.27. The third-order valence-corrected chi connectivity index (χ3v) is 7.22. The molecule has 28 heavy (non-hydrogen) atoms. The van der Waals surface area contributed by atoms with Gasteiger partial charge in [0.25, 0.3) is 0 Å². The Bertz CT molecular complexity index is 1170. The summed E-state index contributed by atoms with van der Waals surface area (Å²) in [4.78, 5) is 0.0826. The Hall–Kier alpha value is -2.56. The fourth-order valence-electron chi connectivity index (χ4n) is 2.75. The normalized spacial score (nSPS) is 14.5. The van der Waals surface area contributed by atoms with Crippen molar-refractivity contribution in [2.45, 2.75) is 33.8 Å². The maximum absolute atomic E-state index is 12.8. The minimum Gasteiger partial charge on any atom is -0.384 e. The van der Waals surface area contributed by atoms with Gasteiger partial charge >= 0.3 is 0 Å². The maximum atomic E-state index is 12.8. The van der Waals surface area contributed by atoms with E-state index in [0.29, 0.717) is 5.56 Å². The molecule has 0 aliphatic heterocycles. The number of benzene rings is 2. The number of nitrogens with zero attached hydrogens (tertiary/aromatic N) is 3. The molecule has 148 valence electrons. The average Bonchev–Trinajstić information content (AvgIpc) is 3.13. The van der Waals surface area contributed by atoms with Crippen LogP contribution in [0.3, 0.4) is 0 Å². The first-order valence-corrected chi connectivity index (χ1v) is 11.6. The summed E-state index contributed by atoms with van der Waals surface area (Å²) in [6.45, 7) is 1.82. The van der Waals surface area contributed by atoms with Crippen LogP contribution in [-0.2, 0) is 31.8 Å². The largest absolute Gasteiger partial charge is 0.384 e. The van der Waals surface area contributed by atoms with Gasteiger partial charge in [-0.05, 0) is 48.9 Å². The molecule has 3 aromatic rings. The van der Waals surface area contributed by atoms with Crippen molar-refractivity contribution in [2.24, 2.45) is 0 Å². The predicted octanol–water partition coefficient (Wildman–Crippen LogP) is 1.42. The molecule has 8 nitrogen and oxygen atoms in total. The minimum atomic E-state index is -3.82. The summed E-state index contributed by atoms with van der Waals surface area (Å²) in [7, 11) is -7.22. The van der Waals surface area contributed by atoms with Crippen LogP contribution in [0.4, 0.5) is 0 Å². The van der Waals surface area contributed by atoms with Crippen LogP contribution >= 0.6 is 0 Å². The maximum Gasteiger partial charge on any atom is 0.206 e. The summed E-state index contributed by atoms with van der Waals surface area (Å²) >= 11 is 0. The molecule has 0 saturated heterocycles. The second-order valence-corrected chi connectivity index (χ2v) is 10.6. The summed E-state index contributed by atoms with van der Waals surface area (Å²) in [5.41, 5.74) is -0.713. The van der Waals surface area contributed by atoms with E-state index in [1.165, 1.54) is 49.1 Å². The molecular formula is C18H19N3O5S2. The van der Waals surface area contributed by atoms with Crippen molar-refractivity contribution in [1.82, 2.24) is 14.8 Å². The highest BCUT2D eigenvalue weighted by Gasteiger charge is 2.25. The number of aromatic nitrogens is 3. The van der Waals surface area contributed by atoms with Crippen LogP contribution in [0.1, 0.15) is 12.5 Å². The number of aliphatic hydroxyl groups is 1. The molecule has 2 aromatic carbocycles. The zero-order chi connectivity index (χ0) is 20.6. The van der Waals surface area contributed by atoms with E-state index in [1.807, 2.05) is 0 Å².